The van der Waals surface area contributed by atoms with Crippen molar-refractivity contribution in [2.75, 3.05) is 26.7 Å². The molecule has 216 valence electrons. The number of amides is 2. The number of nitrogens with zero attached hydrogens (tertiary/aromatic N) is 4. The molecule has 1 unspecified atom stereocenters. The predicted molar refractivity (Wildman–Crippen MR) is 139 cm³/mol. The summed E-state index contributed by atoms with van der Waals surface area (Å²) >= 11 is 0. The highest BCUT2D eigenvalue weighted by molar-refractivity contribution is 5.94. The summed E-state index contributed by atoms with van der Waals surface area (Å²) in [7, 11) is 1.43. The van der Waals surface area contributed by atoms with Gasteiger partial charge in [-0.3, -0.25) is 19.6 Å². The second kappa shape index (κ2) is 9.46. The molecule has 1 spiro atoms. The minimum atomic E-state index is -2.63. The Balaban J connectivity index is 1.08. The molecule has 2 saturated carbocycles. The number of halogens is 3. The number of nitrogens with one attached hydrogen (secondary N) is 2. The van der Waals surface area contributed by atoms with Gasteiger partial charge in [-0.05, 0) is 38.2 Å². The summed E-state index contributed by atoms with van der Waals surface area (Å²) in [6.07, 6.45) is 4.37. The lowest BCUT2D eigenvalue weighted by Crippen LogP contribution is -2.67. The first kappa shape index (κ1) is 27.0. The standard InChI is InChI=1S/C28H35F3N6O3/c1-26(2)21(12-22(26)36-9-7-28(30,31)15-36)33-24(38)16-4-8-37(27(13-16)5-6-27)25(39)20-11-19(34-35-20)17-10-23(40-3)32-14-18(17)29/h10-11,14,16,21-22H,4-9,12-13,15H2,1-3H3,(H,33,38)(H,34,35)/t16?,21-,22+/m0/s1. The maximum Gasteiger partial charge on any atom is 0.272 e. The summed E-state index contributed by atoms with van der Waals surface area (Å²) in [6, 6.07) is 2.92. The monoisotopic (exact) mass is 560 g/mol. The second-order valence-electron chi connectivity index (χ2n) is 12.5. The molecule has 12 heteroatoms. The van der Waals surface area contributed by atoms with Crippen LogP contribution in [0.3, 0.4) is 0 Å². The van der Waals surface area contributed by atoms with Gasteiger partial charge in [0.25, 0.3) is 11.8 Å². The van der Waals surface area contributed by atoms with Crippen molar-refractivity contribution < 1.29 is 27.5 Å². The van der Waals surface area contributed by atoms with Crippen molar-refractivity contribution in [3.8, 4) is 17.1 Å². The fourth-order valence-electron chi connectivity index (χ4n) is 6.88. The van der Waals surface area contributed by atoms with E-state index in [1.165, 1.54) is 19.2 Å². The maximum absolute atomic E-state index is 14.4. The van der Waals surface area contributed by atoms with Gasteiger partial charge in [0.1, 0.15) is 5.69 Å². The lowest BCUT2D eigenvalue weighted by atomic mass is 9.62. The Morgan fingerprint density at radius 2 is 1.95 bits per heavy atom. The average Bonchev–Trinajstić information content (AvgIpc) is 3.33. The summed E-state index contributed by atoms with van der Waals surface area (Å²) in [4.78, 5) is 34.3. The minimum Gasteiger partial charge on any atom is -0.481 e. The molecule has 2 N–H and O–H groups in total. The lowest BCUT2D eigenvalue weighted by Gasteiger charge is -2.56. The Kier molecular flexibility index (Phi) is 6.39. The number of aromatic nitrogens is 3. The minimum absolute atomic E-state index is 0.0208. The highest BCUT2D eigenvalue weighted by atomic mass is 19.3. The SMILES string of the molecule is COc1cc(-c2cc(C(=O)N3CCC(C(=O)N[C@H]4C[C@@H](N5CCC(F)(F)C5)C4(C)C)CC34CC4)[nH]n2)c(F)cn1. The summed E-state index contributed by atoms with van der Waals surface area (Å²) in [5.74, 6) is -3.42. The molecule has 9 nitrogen and oxygen atoms in total. The Morgan fingerprint density at radius 1 is 1.18 bits per heavy atom. The predicted octanol–water partition coefficient (Wildman–Crippen LogP) is 3.63. The zero-order valence-corrected chi connectivity index (χ0v) is 23.0. The van der Waals surface area contributed by atoms with Crippen molar-refractivity contribution in [2.24, 2.45) is 11.3 Å². The molecule has 6 rings (SSSR count). The van der Waals surface area contributed by atoms with Crippen LogP contribution in [0.15, 0.2) is 18.3 Å². The van der Waals surface area contributed by atoms with Gasteiger partial charge in [-0.25, -0.2) is 18.2 Å². The first-order valence-corrected chi connectivity index (χ1v) is 13.9. The van der Waals surface area contributed by atoms with Crippen LogP contribution in [0.1, 0.15) is 62.9 Å². The summed E-state index contributed by atoms with van der Waals surface area (Å²) in [5.41, 5.74) is 0.0554. The van der Waals surface area contributed by atoms with Gasteiger partial charge in [0.15, 0.2) is 5.82 Å². The van der Waals surface area contributed by atoms with Crippen molar-refractivity contribution in [1.29, 1.82) is 0 Å². The van der Waals surface area contributed by atoms with Gasteiger partial charge >= 0.3 is 0 Å². The van der Waals surface area contributed by atoms with Crippen molar-refractivity contribution in [2.45, 2.75) is 75.9 Å². The molecule has 3 atom stereocenters. The highest BCUT2D eigenvalue weighted by Gasteiger charge is 2.57. The molecule has 4 heterocycles. The van der Waals surface area contributed by atoms with Gasteiger partial charge in [0.2, 0.25) is 11.8 Å². The quantitative estimate of drug-likeness (QED) is 0.560. The molecule has 2 amide bonds. The third-order valence-corrected chi connectivity index (χ3v) is 9.64. The molecular weight excluding hydrogens is 525 g/mol. The second-order valence-corrected chi connectivity index (χ2v) is 12.5. The number of aromatic amines is 1. The third-order valence-electron chi connectivity index (χ3n) is 9.64. The number of likely N-dealkylation sites (tertiary alicyclic amines) is 2. The van der Waals surface area contributed by atoms with Gasteiger partial charge in [-0.2, -0.15) is 5.10 Å². The highest BCUT2D eigenvalue weighted by Crippen LogP contribution is 2.51. The summed E-state index contributed by atoms with van der Waals surface area (Å²) in [6.45, 7) is 4.69. The van der Waals surface area contributed by atoms with E-state index in [1.807, 2.05) is 23.6 Å². The maximum atomic E-state index is 14.4. The van der Waals surface area contributed by atoms with Crippen LogP contribution in [-0.2, 0) is 4.79 Å². The van der Waals surface area contributed by atoms with E-state index in [0.717, 1.165) is 19.0 Å². The van der Waals surface area contributed by atoms with Crippen LogP contribution < -0.4 is 10.1 Å². The van der Waals surface area contributed by atoms with Crippen LogP contribution in [0, 0.1) is 17.2 Å². The first-order chi connectivity index (χ1) is 18.9. The number of alkyl halides is 2. The number of rotatable bonds is 6. The van der Waals surface area contributed by atoms with E-state index in [9.17, 15) is 22.8 Å². The van der Waals surface area contributed by atoms with Crippen LogP contribution in [0.5, 0.6) is 5.88 Å². The van der Waals surface area contributed by atoms with Crippen LogP contribution in [0.4, 0.5) is 13.2 Å². The van der Waals surface area contributed by atoms with Crippen LogP contribution >= 0.6 is 0 Å². The number of ether oxygens (including phenoxy) is 1. The van der Waals surface area contributed by atoms with E-state index >= 15 is 0 Å². The van der Waals surface area contributed by atoms with Crippen LogP contribution in [-0.4, -0.2) is 87.1 Å². The zero-order chi connectivity index (χ0) is 28.4. The lowest BCUT2D eigenvalue weighted by molar-refractivity contribution is -0.133. The number of piperidine rings is 1. The first-order valence-electron chi connectivity index (χ1n) is 13.9. The van der Waals surface area contributed by atoms with E-state index < -0.39 is 11.7 Å². The molecule has 0 bridgehead atoms. The molecule has 2 aliphatic heterocycles. The smallest absolute Gasteiger partial charge is 0.272 e. The Hall–Kier alpha value is -3.15. The van der Waals surface area contributed by atoms with Crippen molar-refractivity contribution in [1.82, 2.24) is 30.3 Å². The molecule has 4 fully saturated rings. The van der Waals surface area contributed by atoms with Crippen molar-refractivity contribution in [3.05, 3.63) is 29.8 Å². The summed E-state index contributed by atoms with van der Waals surface area (Å²) in [5, 5.41) is 10.1. The number of hydrogen-bond donors (Lipinski definition) is 2. The molecule has 2 aromatic heterocycles. The van der Waals surface area contributed by atoms with Crippen molar-refractivity contribution in [3.63, 3.8) is 0 Å². The van der Waals surface area contributed by atoms with E-state index in [1.54, 1.807) is 0 Å². The van der Waals surface area contributed by atoms with Crippen LogP contribution in [0.2, 0.25) is 0 Å². The zero-order valence-electron chi connectivity index (χ0n) is 23.0. The Labute approximate surface area is 230 Å². The summed E-state index contributed by atoms with van der Waals surface area (Å²) < 4.78 is 46.9. The third kappa shape index (κ3) is 4.63. The molecule has 0 aromatic carbocycles. The largest absolute Gasteiger partial charge is 0.481 e. The topological polar surface area (TPSA) is 103 Å². The normalized spacial score (nSPS) is 28.2. The Bertz CT molecular complexity index is 1330. The van der Waals surface area contributed by atoms with Gasteiger partial charge in [-0.15, -0.1) is 0 Å². The van der Waals surface area contributed by atoms with Gasteiger partial charge < -0.3 is 15.0 Å². The van der Waals surface area contributed by atoms with Crippen LogP contribution in [0.25, 0.3) is 11.3 Å². The molecule has 2 saturated heterocycles. The molecule has 0 radical (unpaired) electrons. The number of H-pyrrole nitrogens is 1. The van der Waals surface area contributed by atoms with Gasteiger partial charge in [-0.1, -0.05) is 13.8 Å². The number of hydrogen-bond acceptors (Lipinski definition) is 6. The molecule has 2 aromatic rings. The molecular formula is C28H35F3N6O3. The number of carbonyl (C=O) groups excluding carboxylic acids is 2. The van der Waals surface area contributed by atoms with Gasteiger partial charge in [0.05, 0.1) is 25.5 Å². The molecule has 4 aliphatic rings. The number of methoxy groups -OCH3 is 1. The molecule has 40 heavy (non-hydrogen) atoms. The van der Waals surface area contributed by atoms with E-state index in [4.69, 9.17) is 4.74 Å². The van der Waals surface area contributed by atoms with Crippen molar-refractivity contribution >= 4 is 11.8 Å². The van der Waals surface area contributed by atoms with E-state index in [0.29, 0.717) is 32.4 Å². The van der Waals surface area contributed by atoms with Gasteiger partial charge in [0, 0.05) is 60.1 Å². The molecule has 2 aliphatic carbocycles. The fraction of sp³-hybridized carbons (Fsp3) is 0.643. The average molecular weight is 561 g/mol. The van der Waals surface area contributed by atoms with E-state index in [-0.39, 0.29) is 76.6 Å². The Morgan fingerprint density at radius 3 is 2.60 bits per heavy atom. The van der Waals surface area contributed by atoms with E-state index in [2.05, 4.69) is 20.5 Å². The number of pyridine rings is 1. The fourth-order valence-corrected chi connectivity index (χ4v) is 6.88. The number of carbonyl (C=O) groups is 2.